The second-order valence-corrected chi connectivity index (χ2v) is 7.18. The van der Waals surface area contributed by atoms with Crippen LogP contribution in [0.5, 0.6) is 0 Å². The maximum Gasteiger partial charge on any atom is 0.255 e. The number of amides is 2. The molecule has 0 bridgehead atoms. The molecule has 0 unspecified atom stereocenters. The van der Waals surface area contributed by atoms with Crippen molar-refractivity contribution in [3.8, 4) is 0 Å². The van der Waals surface area contributed by atoms with E-state index < -0.39 is 0 Å². The molecule has 0 spiro atoms. The van der Waals surface area contributed by atoms with Crippen molar-refractivity contribution in [2.75, 3.05) is 13.1 Å². The zero-order valence-corrected chi connectivity index (χ0v) is 15.6. The van der Waals surface area contributed by atoms with Crippen LogP contribution >= 0.6 is 11.6 Å². The van der Waals surface area contributed by atoms with Crippen molar-refractivity contribution >= 4 is 23.4 Å². The zero-order chi connectivity index (χ0) is 18.5. The van der Waals surface area contributed by atoms with Gasteiger partial charge < -0.3 is 10.2 Å². The van der Waals surface area contributed by atoms with Gasteiger partial charge in [-0.05, 0) is 37.5 Å². The van der Waals surface area contributed by atoms with E-state index in [2.05, 4.69) is 5.32 Å². The Bertz CT molecular complexity index is 789. The number of piperidine rings is 1. The summed E-state index contributed by atoms with van der Waals surface area (Å²) in [7, 11) is 0. The molecule has 0 saturated carbocycles. The van der Waals surface area contributed by atoms with Crippen LogP contribution in [0.25, 0.3) is 0 Å². The first-order valence-electron chi connectivity index (χ1n) is 8.91. The molecule has 0 aromatic heterocycles. The summed E-state index contributed by atoms with van der Waals surface area (Å²) in [5, 5.41) is 3.44. The van der Waals surface area contributed by atoms with E-state index in [4.69, 9.17) is 11.6 Å². The smallest absolute Gasteiger partial charge is 0.255 e. The van der Waals surface area contributed by atoms with Crippen LogP contribution in [0.2, 0.25) is 5.02 Å². The summed E-state index contributed by atoms with van der Waals surface area (Å²) in [6, 6.07) is 15.1. The Morgan fingerprint density at radius 2 is 1.88 bits per heavy atom. The standard InChI is InChI=1S/C21H23ClN2O2/c1-15-8-10-16(11-9-15)13-23-20(25)17-5-4-12-24(14-17)21(26)18-6-2-3-7-19(18)22/h2-3,6-11,17H,4-5,12-14H2,1H3,(H,23,25)/t17-/m1/s1. The number of aryl methyl sites for hydroxylation is 1. The summed E-state index contributed by atoms with van der Waals surface area (Å²) in [6.45, 7) is 3.64. The molecule has 3 rings (SSSR count). The van der Waals surface area contributed by atoms with Crippen LogP contribution in [0, 0.1) is 12.8 Å². The summed E-state index contributed by atoms with van der Waals surface area (Å²) in [5.74, 6) is -0.283. The molecule has 0 radical (unpaired) electrons. The van der Waals surface area contributed by atoms with Crippen LogP contribution in [0.4, 0.5) is 0 Å². The average Bonchev–Trinajstić information content (AvgIpc) is 2.67. The van der Waals surface area contributed by atoms with Crippen molar-refractivity contribution in [2.45, 2.75) is 26.3 Å². The van der Waals surface area contributed by atoms with Gasteiger partial charge in [0.1, 0.15) is 0 Å². The molecule has 1 fully saturated rings. The number of halogens is 1. The summed E-state index contributed by atoms with van der Waals surface area (Å²) >= 11 is 6.14. The van der Waals surface area contributed by atoms with Gasteiger partial charge in [0.2, 0.25) is 5.91 Å². The van der Waals surface area contributed by atoms with Gasteiger partial charge in [-0.2, -0.15) is 0 Å². The molecule has 0 aliphatic carbocycles. The quantitative estimate of drug-likeness (QED) is 0.889. The van der Waals surface area contributed by atoms with Gasteiger partial charge in [0.25, 0.3) is 5.91 Å². The molecular formula is C21H23ClN2O2. The Balaban J connectivity index is 1.59. The molecule has 1 N–H and O–H groups in total. The fraction of sp³-hybridized carbons (Fsp3) is 0.333. The van der Waals surface area contributed by atoms with Crippen LogP contribution in [-0.4, -0.2) is 29.8 Å². The van der Waals surface area contributed by atoms with Gasteiger partial charge in [0.05, 0.1) is 16.5 Å². The van der Waals surface area contributed by atoms with Crippen LogP contribution in [0.15, 0.2) is 48.5 Å². The van der Waals surface area contributed by atoms with Gasteiger partial charge in [0.15, 0.2) is 0 Å². The zero-order valence-electron chi connectivity index (χ0n) is 14.9. The number of carbonyl (C=O) groups excluding carboxylic acids is 2. The number of likely N-dealkylation sites (tertiary alicyclic amines) is 1. The Kier molecular flexibility index (Phi) is 5.94. The highest BCUT2D eigenvalue weighted by Crippen LogP contribution is 2.22. The van der Waals surface area contributed by atoms with Gasteiger partial charge in [-0.3, -0.25) is 9.59 Å². The topological polar surface area (TPSA) is 49.4 Å². The Morgan fingerprint density at radius 3 is 2.62 bits per heavy atom. The molecule has 1 aliphatic rings. The fourth-order valence-corrected chi connectivity index (χ4v) is 3.44. The third kappa shape index (κ3) is 4.44. The lowest BCUT2D eigenvalue weighted by Gasteiger charge is -2.32. The minimum atomic E-state index is -0.180. The molecule has 1 saturated heterocycles. The van der Waals surface area contributed by atoms with Crippen molar-refractivity contribution in [2.24, 2.45) is 5.92 Å². The highest BCUT2D eigenvalue weighted by Gasteiger charge is 2.29. The third-order valence-corrected chi connectivity index (χ3v) is 5.10. The van der Waals surface area contributed by atoms with E-state index in [-0.39, 0.29) is 17.7 Å². The first-order valence-corrected chi connectivity index (χ1v) is 9.29. The number of nitrogens with zero attached hydrogens (tertiary/aromatic N) is 1. The minimum absolute atomic E-state index is 0.00207. The molecule has 5 heteroatoms. The van der Waals surface area contributed by atoms with Crippen molar-refractivity contribution in [1.82, 2.24) is 10.2 Å². The summed E-state index contributed by atoms with van der Waals surface area (Å²) in [5.41, 5.74) is 2.76. The van der Waals surface area contributed by atoms with E-state index in [1.54, 1.807) is 29.2 Å². The van der Waals surface area contributed by atoms with E-state index in [9.17, 15) is 9.59 Å². The molecule has 1 atom stereocenters. The van der Waals surface area contributed by atoms with E-state index >= 15 is 0 Å². The number of benzene rings is 2. The highest BCUT2D eigenvalue weighted by molar-refractivity contribution is 6.33. The summed E-state index contributed by atoms with van der Waals surface area (Å²) < 4.78 is 0. The van der Waals surface area contributed by atoms with Crippen molar-refractivity contribution in [3.05, 3.63) is 70.2 Å². The molecule has 26 heavy (non-hydrogen) atoms. The predicted molar refractivity (Wildman–Crippen MR) is 103 cm³/mol. The lowest BCUT2D eigenvalue weighted by molar-refractivity contribution is -0.126. The monoisotopic (exact) mass is 370 g/mol. The lowest BCUT2D eigenvalue weighted by Crippen LogP contribution is -2.45. The maximum absolute atomic E-state index is 12.7. The second kappa shape index (κ2) is 8.37. The van der Waals surface area contributed by atoms with E-state index in [0.29, 0.717) is 30.2 Å². The van der Waals surface area contributed by atoms with Crippen LogP contribution in [-0.2, 0) is 11.3 Å². The molecular weight excluding hydrogens is 348 g/mol. The van der Waals surface area contributed by atoms with Gasteiger partial charge in [-0.1, -0.05) is 53.6 Å². The summed E-state index contributed by atoms with van der Waals surface area (Å²) in [4.78, 5) is 27.0. The van der Waals surface area contributed by atoms with Gasteiger partial charge >= 0.3 is 0 Å². The lowest BCUT2D eigenvalue weighted by atomic mass is 9.96. The van der Waals surface area contributed by atoms with E-state index in [1.165, 1.54) is 5.56 Å². The molecule has 136 valence electrons. The SMILES string of the molecule is Cc1ccc(CNC(=O)[C@@H]2CCCN(C(=O)c3ccccc3Cl)C2)cc1. The molecule has 4 nitrogen and oxygen atoms in total. The Morgan fingerprint density at radius 1 is 1.15 bits per heavy atom. The Hall–Kier alpha value is -2.33. The molecule has 1 heterocycles. The molecule has 2 aromatic rings. The fourth-order valence-electron chi connectivity index (χ4n) is 3.22. The number of hydrogen-bond acceptors (Lipinski definition) is 2. The van der Waals surface area contributed by atoms with Gasteiger partial charge in [0, 0.05) is 19.6 Å². The number of nitrogens with one attached hydrogen (secondary N) is 1. The minimum Gasteiger partial charge on any atom is -0.352 e. The largest absolute Gasteiger partial charge is 0.352 e. The Labute approximate surface area is 159 Å². The van der Waals surface area contributed by atoms with Crippen LogP contribution in [0.3, 0.4) is 0 Å². The number of carbonyl (C=O) groups is 2. The molecule has 2 aromatic carbocycles. The normalized spacial score (nSPS) is 17.0. The van der Waals surface area contributed by atoms with Crippen LogP contribution < -0.4 is 5.32 Å². The van der Waals surface area contributed by atoms with Crippen molar-refractivity contribution in [3.63, 3.8) is 0 Å². The third-order valence-electron chi connectivity index (χ3n) is 4.77. The second-order valence-electron chi connectivity index (χ2n) is 6.77. The molecule has 2 amide bonds. The van der Waals surface area contributed by atoms with Crippen molar-refractivity contribution < 1.29 is 9.59 Å². The highest BCUT2D eigenvalue weighted by atomic mass is 35.5. The predicted octanol–water partition coefficient (Wildman–Crippen LogP) is 3.82. The maximum atomic E-state index is 12.7. The summed E-state index contributed by atoms with van der Waals surface area (Å²) in [6.07, 6.45) is 1.62. The van der Waals surface area contributed by atoms with E-state index in [1.807, 2.05) is 31.2 Å². The van der Waals surface area contributed by atoms with Gasteiger partial charge in [-0.25, -0.2) is 0 Å². The average molecular weight is 371 g/mol. The number of hydrogen-bond donors (Lipinski definition) is 1. The number of rotatable bonds is 4. The van der Waals surface area contributed by atoms with Crippen LogP contribution in [0.1, 0.15) is 34.3 Å². The first kappa shape index (κ1) is 18.5. The van der Waals surface area contributed by atoms with E-state index in [0.717, 1.165) is 18.4 Å². The van der Waals surface area contributed by atoms with Crippen molar-refractivity contribution in [1.29, 1.82) is 0 Å². The molecule has 1 aliphatic heterocycles. The first-order chi connectivity index (χ1) is 12.5. The van der Waals surface area contributed by atoms with Gasteiger partial charge in [-0.15, -0.1) is 0 Å².